The zero-order chi connectivity index (χ0) is 22.6. The molecule has 1 amide bonds. The Morgan fingerprint density at radius 1 is 1.16 bits per heavy atom. The molecule has 0 spiro atoms. The summed E-state index contributed by atoms with van der Waals surface area (Å²) in [5.41, 5.74) is 0.590. The van der Waals surface area contributed by atoms with Crippen LogP contribution in [0.4, 0.5) is 0 Å². The van der Waals surface area contributed by atoms with Crippen molar-refractivity contribution >= 4 is 27.5 Å². The highest BCUT2D eigenvalue weighted by Crippen LogP contribution is 2.26. The van der Waals surface area contributed by atoms with Gasteiger partial charge < -0.3 is 9.32 Å². The number of nitrogens with zero attached hydrogens (tertiary/aromatic N) is 5. The van der Waals surface area contributed by atoms with E-state index in [-0.39, 0.29) is 35.8 Å². The Bertz CT molecular complexity index is 1150. The third-order valence-electron chi connectivity index (χ3n) is 4.52. The van der Waals surface area contributed by atoms with E-state index in [2.05, 4.69) is 15.2 Å². The van der Waals surface area contributed by atoms with Gasteiger partial charge in [0.2, 0.25) is 27.7 Å². The standard InChI is InChI=1S/C20H22ClN5O4S/c1-14(2)26(12-18-23-24-20(30-18)16-8-4-5-9-17(16)21)19(27)13-25(3)31(28,29)15-7-6-10-22-11-15/h4-11,14H,12-13H2,1-3H3. The van der Waals surface area contributed by atoms with Crippen molar-refractivity contribution in [3.05, 3.63) is 59.7 Å². The van der Waals surface area contributed by atoms with E-state index in [0.29, 0.717) is 10.6 Å². The molecule has 0 fully saturated rings. The second-order valence-electron chi connectivity index (χ2n) is 7.05. The van der Waals surface area contributed by atoms with E-state index in [4.69, 9.17) is 16.0 Å². The number of benzene rings is 1. The summed E-state index contributed by atoms with van der Waals surface area (Å²) in [7, 11) is -2.50. The molecule has 3 aromatic rings. The van der Waals surface area contributed by atoms with Gasteiger partial charge in [0.05, 0.1) is 23.7 Å². The Kier molecular flexibility index (Phi) is 7.04. The summed E-state index contributed by atoms with van der Waals surface area (Å²) in [6.07, 6.45) is 2.72. The maximum absolute atomic E-state index is 12.9. The zero-order valence-electron chi connectivity index (χ0n) is 17.3. The van der Waals surface area contributed by atoms with Crippen LogP contribution in [0.3, 0.4) is 0 Å². The summed E-state index contributed by atoms with van der Waals surface area (Å²) in [5.74, 6) is 0.0604. The molecule has 0 saturated heterocycles. The summed E-state index contributed by atoms with van der Waals surface area (Å²) < 4.78 is 32.0. The molecule has 0 unspecified atom stereocenters. The van der Waals surface area contributed by atoms with Crippen LogP contribution in [0, 0.1) is 0 Å². The molecule has 1 aromatic carbocycles. The van der Waals surface area contributed by atoms with Gasteiger partial charge in [0.1, 0.15) is 4.90 Å². The fourth-order valence-corrected chi connectivity index (χ4v) is 4.11. The zero-order valence-corrected chi connectivity index (χ0v) is 18.8. The summed E-state index contributed by atoms with van der Waals surface area (Å²) in [4.78, 5) is 18.2. The molecule has 0 aliphatic rings. The van der Waals surface area contributed by atoms with Crippen molar-refractivity contribution in [2.24, 2.45) is 0 Å². The van der Waals surface area contributed by atoms with Crippen molar-refractivity contribution in [1.82, 2.24) is 24.4 Å². The lowest BCUT2D eigenvalue weighted by molar-refractivity contribution is -0.133. The molecular formula is C20H22ClN5O4S. The van der Waals surface area contributed by atoms with Gasteiger partial charge in [-0.05, 0) is 38.1 Å². The van der Waals surface area contributed by atoms with Crippen molar-refractivity contribution in [3.63, 3.8) is 0 Å². The van der Waals surface area contributed by atoms with Crippen molar-refractivity contribution in [1.29, 1.82) is 0 Å². The van der Waals surface area contributed by atoms with Crippen LogP contribution in [0.5, 0.6) is 0 Å². The quantitative estimate of drug-likeness (QED) is 0.505. The normalized spacial score (nSPS) is 11.8. The van der Waals surface area contributed by atoms with Crippen molar-refractivity contribution in [2.75, 3.05) is 13.6 Å². The highest BCUT2D eigenvalue weighted by atomic mass is 35.5. The predicted molar refractivity (Wildman–Crippen MR) is 114 cm³/mol. The van der Waals surface area contributed by atoms with Crippen LogP contribution in [0.1, 0.15) is 19.7 Å². The van der Waals surface area contributed by atoms with Crippen LogP contribution < -0.4 is 0 Å². The number of carbonyl (C=O) groups excluding carboxylic acids is 1. The predicted octanol–water partition coefficient (Wildman–Crippen LogP) is 2.84. The van der Waals surface area contributed by atoms with Crippen molar-refractivity contribution < 1.29 is 17.6 Å². The molecule has 2 aromatic heterocycles. The van der Waals surface area contributed by atoms with Crippen LogP contribution in [-0.4, -0.2) is 58.3 Å². The number of hydrogen-bond acceptors (Lipinski definition) is 7. The maximum atomic E-state index is 12.9. The molecule has 31 heavy (non-hydrogen) atoms. The van der Waals surface area contributed by atoms with Gasteiger partial charge in [0.25, 0.3) is 0 Å². The lowest BCUT2D eigenvalue weighted by atomic mass is 10.2. The molecule has 0 saturated carbocycles. The van der Waals surface area contributed by atoms with Gasteiger partial charge >= 0.3 is 0 Å². The summed E-state index contributed by atoms with van der Waals surface area (Å²) >= 11 is 6.17. The molecule has 2 heterocycles. The first-order valence-corrected chi connectivity index (χ1v) is 11.2. The molecule has 3 rings (SSSR count). The number of sulfonamides is 1. The van der Waals surface area contributed by atoms with Gasteiger partial charge in [-0.15, -0.1) is 10.2 Å². The third kappa shape index (κ3) is 5.27. The smallest absolute Gasteiger partial charge is 0.249 e. The van der Waals surface area contributed by atoms with Gasteiger partial charge in [0.15, 0.2) is 0 Å². The van der Waals surface area contributed by atoms with Gasteiger partial charge in [0, 0.05) is 25.5 Å². The maximum Gasteiger partial charge on any atom is 0.249 e. The number of pyridine rings is 1. The monoisotopic (exact) mass is 463 g/mol. The first-order valence-electron chi connectivity index (χ1n) is 9.43. The van der Waals surface area contributed by atoms with Crippen LogP contribution in [0.25, 0.3) is 11.5 Å². The Labute approximate surface area is 185 Å². The first-order chi connectivity index (χ1) is 14.7. The van der Waals surface area contributed by atoms with Gasteiger partial charge in [-0.2, -0.15) is 4.31 Å². The van der Waals surface area contributed by atoms with Crippen molar-refractivity contribution in [2.45, 2.75) is 31.3 Å². The van der Waals surface area contributed by atoms with Crippen LogP contribution in [0.2, 0.25) is 5.02 Å². The Morgan fingerprint density at radius 2 is 1.90 bits per heavy atom. The van der Waals surface area contributed by atoms with E-state index in [0.717, 1.165) is 4.31 Å². The lowest BCUT2D eigenvalue weighted by Crippen LogP contribution is -2.43. The molecule has 9 nitrogen and oxygen atoms in total. The Balaban J connectivity index is 1.74. The van der Waals surface area contributed by atoms with Gasteiger partial charge in [-0.25, -0.2) is 8.42 Å². The molecule has 0 aliphatic carbocycles. The fourth-order valence-electron chi connectivity index (χ4n) is 2.81. The number of likely N-dealkylation sites (N-methyl/N-ethyl adjacent to an activating group) is 1. The second kappa shape index (κ2) is 9.54. The fraction of sp³-hybridized carbons (Fsp3) is 0.300. The largest absolute Gasteiger partial charge is 0.419 e. The Hall–Kier alpha value is -2.82. The van der Waals surface area contributed by atoms with Crippen LogP contribution in [-0.2, 0) is 21.4 Å². The lowest BCUT2D eigenvalue weighted by Gasteiger charge is -2.27. The topological polar surface area (TPSA) is 110 Å². The molecule has 0 bridgehead atoms. The summed E-state index contributed by atoms with van der Waals surface area (Å²) in [5, 5.41) is 8.48. The average molecular weight is 464 g/mol. The van der Waals surface area contributed by atoms with Crippen LogP contribution >= 0.6 is 11.6 Å². The number of carbonyl (C=O) groups is 1. The molecule has 0 aliphatic heterocycles. The highest BCUT2D eigenvalue weighted by molar-refractivity contribution is 7.89. The van der Waals surface area contributed by atoms with Gasteiger partial charge in [-0.3, -0.25) is 9.78 Å². The second-order valence-corrected chi connectivity index (χ2v) is 9.50. The minimum Gasteiger partial charge on any atom is -0.419 e. The summed E-state index contributed by atoms with van der Waals surface area (Å²) in [6, 6.07) is 9.78. The number of halogens is 1. The van der Waals surface area contributed by atoms with E-state index in [1.807, 2.05) is 13.8 Å². The molecule has 164 valence electrons. The number of hydrogen-bond donors (Lipinski definition) is 0. The van der Waals surface area contributed by atoms with E-state index in [1.54, 1.807) is 24.3 Å². The average Bonchev–Trinajstić information content (AvgIpc) is 3.21. The van der Waals surface area contributed by atoms with Gasteiger partial charge in [-0.1, -0.05) is 23.7 Å². The van der Waals surface area contributed by atoms with Crippen molar-refractivity contribution in [3.8, 4) is 11.5 Å². The SMILES string of the molecule is CC(C)N(Cc1nnc(-c2ccccc2Cl)o1)C(=O)CN(C)S(=O)(=O)c1cccnc1. The number of aromatic nitrogens is 3. The summed E-state index contributed by atoms with van der Waals surface area (Å²) in [6.45, 7) is 3.33. The van der Waals surface area contributed by atoms with E-state index in [9.17, 15) is 13.2 Å². The van der Waals surface area contributed by atoms with Crippen LogP contribution in [0.15, 0.2) is 58.1 Å². The molecule has 0 atom stereocenters. The highest BCUT2D eigenvalue weighted by Gasteiger charge is 2.27. The first kappa shape index (κ1) is 22.9. The Morgan fingerprint density at radius 3 is 2.55 bits per heavy atom. The number of amides is 1. The minimum absolute atomic E-state index is 0.0164. The molecule has 0 N–H and O–H groups in total. The molecular weight excluding hydrogens is 442 g/mol. The van der Waals surface area contributed by atoms with E-state index in [1.165, 1.54) is 36.5 Å². The van der Waals surface area contributed by atoms with E-state index >= 15 is 0 Å². The third-order valence-corrected chi connectivity index (χ3v) is 6.64. The number of rotatable bonds is 8. The molecule has 11 heteroatoms. The minimum atomic E-state index is -3.85. The van der Waals surface area contributed by atoms with E-state index < -0.39 is 15.9 Å². The molecule has 0 radical (unpaired) electrons.